The zero-order chi connectivity index (χ0) is 13.3. The van der Waals surface area contributed by atoms with Crippen LogP contribution in [0.3, 0.4) is 0 Å². The van der Waals surface area contributed by atoms with Crippen molar-refractivity contribution in [1.29, 1.82) is 0 Å². The van der Waals surface area contributed by atoms with E-state index in [4.69, 9.17) is 0 Å². The molecule has 0 radical (unpaired) electrons. The highest BCUT2D eigenvalue weighted by Crippen LogP contribution is 2.49. The largest absolute Gasteiger partial charge is 0.343 e. The number of carbonyl (C=O) groups excluding carboxylic acids is 1. The third-order valence-corrected chi connectivity index (χ3v) is 4.01. The molecular weight excluding hydrogens is 229 g/mol. The second kappa shape index (κ2) is 5.09. The lowest BCUT2D eigenvalue weighted by Crippen LogP contribution is -2.35. The van der Waals surface area contributed by atoms with Crippen molar-refractivity contribution in [3.63, 3.8) is 0 Å². The molecule has 0 saturated heterocycles. The minimum absolute atomic E-state index is 0.0269. The molecule has 1 aromatic rings. The van der Waals surface area contributed by atoms with Gasteiger partial charge in [-0.05, 0) is 37.3 Å². The standard InChI is InChI=1S/C15H20FNO/c1-4-10(2)17(3)15(18)13-9-12(13)11-7-5-6-8-14(11)16/h5-8,10,12-13H,4,9H2,1-3H3. The van der Waals surface area contributed by atoms with Gasteiger partial charge in [-0.25, -0.2) is 4.39 Å². The second-order valence-corrected chi connectivity index (χ2v) is 5.18. The maximum Gasteiger partial charge on any atom is 0.226 e. The number of nitrogens with zero attached hydrogens (tertiary/aromatic N) is 1. The number of carbonyl (C=O) groups is 1. The summed E-state index contributed by atoms with van der Waals surface area (Å²) >= 11 is 0. The maximum atomic E-state index is 13.6. The van der Waals surface area contributed by atoms with Gasteiger partial charge in [0, 0.05) is 19.0 Å². The first kappa shape index (κ1) is 13.1. The van der Waals surface area contributed by atoms with E-state index in [0.717, 1.165) is 12.8 Å². The first-order valence-corrected chi connectivity index (χ1v) is 6.57. The van der Waals surface area contributed by atoms with Gasteiger partial charge in [-0.1, -0.05) is 25.1 Å². The van der Waals surface area contributed by atoms with Gasteiger partial charge in [0.15, 0.2) is 0 Å². The Labute approximate surface area is 108 Å². The van der Waals surface area contributed by atoms with E-state index in [2.05, 4.69) is 6.92 Å². The van der Waals surface area contributed by atoms with Gasteiger partial charge in [-0.3, -0.25) is 4.79 Å². The lowest BCUT2D eigenvalue weighted by atomic mass is 10.1. The van der Waals surface area contributed by atoms with Gasteiger partial charge in [-0.2, -0.15) is 0 Å². The summed E-state index contributed by atoms with van der Waals surface area (Å²) in [5.41, 5.74) is 0.688. The summed E-state index contributed by atoms with van der Waals surface area (Å²) in [6, 6.07) is 7.02. The topological polar surface area (TPSA) is 20.3 Å². The molecule has 0 spiro atoms. The first-order chi connectivity index (χ1) is 8.56. The van der Waals surface area contributed by atoms with Crippen LogP contribution >= 0.6 is 0 Å². The number of halogens is 1. The molecule has 0 aromatic heterocycles. The molecule has 1 fully saturated rings. The highest BCUT2D eigenvalue weighted by Gasteiger charge is 2.46. The maximum absolute atomic E-state index is 13.6. The summed E-state index contributed by atoms with van der Waals surface area (Å²) in [5, 5.41) is 0. The van der Waals surface area contributed by atoms with Crippen molar-refractivity contribution in [1.82, 2.24) is 4.90 Å². The number of amides is 1. The smallest absolute Gasteiger partial charge is 0.226 e. The van der Waals surface area contributed by atoms with Crippen LogP contribution in [-0.4, -0.2) is 23.9 Å². The Morgan fingerprint density at radius 3 is 2.78 bits per heavy atom. The number of rotatable bonds is 4. The quantitative estimate of drug-likeness (QED) is 0.802. The lowest BCUT2D eigenvalue weighted by molar-refractivity contribution is -0.133. The Kier molecular flexibility index (Phi) is 3.69. The van der Waals surface area contributed by atoms with Gasteiger partial charge in [0.1, 0.15) is 5.82 Å². The summed E-state index contributed by atoms with van der Waals surface area (Å²) in [4.78, 5) is 14.0. The van der Waals surface area contributed by atoms with Crippen LogP contribution in [0.5, 0.6) is 0 Å². The number of benzene rings is 1. The molecule has 1 aromatic carbocycles. The Hall–Kier alpha value is -1.38. The van der Waals surface area contributed by atoms with Crippen LogP contribution in [0.4, 0.5) is 4.39 Å². The van der Waals surface area contributed by atoms with Crippen LogP contribution in [-0.2, 0) is 4.79 Å². The number of hydrogen-bond donors (Lipinski definition) is 0. The summed E-state index contributed by atoms with van der Waals surface area (Å²) in [6.07, 6.45) is 1.72. The third kappa shape index (κ3) is 2.40. The molecule has 0 heterocycles. The van der Waals surface area contributed by atoms with Crippen molar-refractivity contribution in [2.24, 2.45) is 5.92 Å². The average Bonchev–Trinajstić information content (AvgIpc) is 3.16. The van der Waals surface area contributed by atoms with Gasteiger partial charge in [0.2, 0.25) is 5.91 Å². The van der Waals surface area contributed by atoms with Gasteiger partial charge in [0.25, 0.3) is 0 Å². The van der Waals surface area contributed by atoms with E-state index in [-0.39, 0.29) is 29.6 Å². The van der Waals surface area contributed by atoms with E-state index in [0.29, 0.717) is 5.56 Å². The molecule has 1 amide bonds. The van der Waals surface area contributed by atoms with Crippen molar-refractivity contribution >= 4 is 5.91 Å². The van der Waals surface area contributed by atoms with Gasteiger partial charge < -0.3 is 4.90 Å². The van der Waals surface area contributed by atoms with Crippen molar-refractivity contribution in [3.8, 4) is 0 Å². The van der Waals surface area contributed by atoms with E-state index < -0.39 is 0 Å². The van der Waals surface area contributed by atoms with E-state index in [9.17, 15) is 9.18 Å². The molecule has 1 saturated carbocycles. The average molecular weight is 249 g/mol. The zero-order valence-electron chi connectivity index (χ0n) is 11.2. The van der Waals surface area contributed by atoms with Crippen LogP contribution in [0.2, 0.25) is 0 Å². The van der Waals surface area contributed by atoms with Crippen molar-refractivity contribution < 1.29 is 9.18 Å². The fraction of sp³-hybridized carbons (Fsp3) is 0.533. The summed E-state index contributed by atoms with van der Waals surface area (Å²) in [5.74, 6) is 0.00713. The molecule has 1 aliphatic carbocycles. The molecule has 3 atom stereocenters. The Morgan fingerprint density at radius 1 is 1.50 bits per heavy atom. The van der Waals surface area contributed by atoms with Crippen molar-refractivity contribution in [3.05, 3.63) is 35.6 Å². The Bertz CT molecular complexity index is 446. The molecule has 98 valence electrons. The molecule has 0 N–H and O–H groups in total. The van der Waals surface area contributed by atoms with Crippen LogP contribution in [0, 0.1) is 11.7 Å². The lowest BCUT2D eigenvalue weighted by Gasteiger charge is -2.24. The van der Waals surface area contributed by atoms with E-state index in [1.807, 2.05) is 20.0 Å². The summed E-state index contributed by atoms with van der Waals surface area (Å²) in [6.45, 7) is 4.11. The summed E-state index contributed by atoms with van der Waals surface area (Å²) in [7, 11) is 1.84. The monoisotopic (exact) mass is 249 g/mol. The Balaban J connectivity index is 2.03. The molecule has 3 heteroatoms. The SMILES string of the molecule is CCC(C)N(C)C(=O)C1CC1c1ccccc1F. The van der Waals surface area contributed by atoms with Crippen LogP contribution in [0.15, 0.2) is 24.3 Å². The molecule has 2 rings (SSSR count). The van der Waals surface area contributed by atoms with Crippen molar-refractivity contribution in [2.45, 2.75) is 38.6 Å². The fourth-order valence-electron chi connectivity index (χ4n) is 2.34. The predicted octanol–water partition coefficient (Wildman–Crippen LogP) is 3.19. The second-order valence-electron chi connectivity index (χ2n) is 5.18. The third-order valence-electron chi connectivity index (χ3n) is 4.01. The van der Waals surface area contributed by atoms with E-state index in [1.54, 1.807) is 17.0 Å². The predicted molar refractivity (Wildman–Crippen MR) is 69.8 cm³/mol. The molecule has 1 aliphatic rings. The fourth-order valence-corrected chi connectivity index (χ4v) is 2.34. The van der Waals surface area contributed by atoms with Gasteiger partial charge in [-0.15, -0.1) is 0 Å². The van der Waals surface area contributed by atoms with E-state index >= 15 is 0 Å². The first-order valence-electron chi connectivity index (χ1n) is 6.57. The van der Waals surface area contributed by atoms with Gasteiger partial charge in [0.05, 0.1) is 0 Å². The highest BCUT2D eigenvalue weighted by atomic mass is 19.1. The molecule has 3 unspecified atom stereocenters. The molecule has 0 bridgehead atoms. The van der Waals surface area contributed by atoms with E-state index in [1.165, 1.54) is 6.07 Å². The molecular formula is C15H20FNO. The minimum Gasteiger partial charge on any atom is -0.343 e. The van der Waals surface area contributed by atoms with Crippen molar-refractivity contribution in [2.75, 3.05) is 7.05 Å². The number of hydrogen-bond acceptors (Lipinski definition) is 1. The highest BCUT2D eigenvalue weighted by molar-refractivity contribution is 5.83. The zero-order valence-corrected chi connectivity index (χ0v) is 11.2. The normalized spacial score (nSPS) is 23.6. The molecule has 18 heavy (non-hydrogen) atoms. The molecule has 0 aliphatic heterocycles. The van der Waals surface area contributed by atoms with Crippen LogP contribution in [0.1, 0.15) is 38.2 Å². The molecule has 2 nitrogen and oxygen atoms in total. The minimum atomic E-state index is -0.191. The Morgan fingerprint density at radius 2 is 2.17 bits per heavy atom. The summed E-state index contributed by atoms with van der Waals surface area (Å²) < 4.78 is 13.6. The van der Waals surface area contributed by atoms with Crippen LogP contribution < -0.4 is 0 Å². The van der Waals surface area contributed by atoms with Crippen LogP contribution in [0.25, 0.3) is 0 Å². The van der Waals surface area contributed by atoms with Gasteiger partial charge >= 0.3 is 0 Å².